The zero-order valence-electron chi connectivity index (χ0n) is 10.8. The second-order valence-corrected chi connectivity index (χ2v) is 5.36. The maximum Gasteiger partial charge on any atom is 0.154 e. The molecule has 0 aromatic carbocycles. The van der Waals surface area contributed by atoms with Gasteiger partial charge in [0, 0.05) is 31.4 Å². The van der Waals surface area contributed by atoms with E-state index in [-0.39, 0.29) is 6.04 Å². The van der Waals surface area contributed by atoms with Crippen LogP contribution in [0.1, 0.15) is 48.4 Å². The van der Waals surface area contributed by atoms with E-state index in [4.69, 9.17) is 0 Å². The molecule has 2 aromatic heterocycles. The Labute approximate surface area is 112 Å². The summed E-state index contributed by atoms with van der Waals surface area (Å²) >= 11 is 0. The molecule has 1 aliphatic heterocycles. The van der Waals surface area contributed by atoms with Crippen LogP contribution in [0.15, 0.2) is 24.5 Å². The largest absolute Gasteiger partial charge is 0.312 e. The SMILES string of the molecule is c1cc(C2NCCn3c(C4CCC4)nnc32)ccn1. The molecule has 5 heteroatoms. The second-order valence-electron chi connectivity index (χ2n) is 5.36. The number of fused-ring (bicyclic) bond motifs is 1. The fraction of sp³-hybridized carbons (Fsp3) is 0.500. The summed E-state index contributed by atoms with van der Waals surface area (Å²) in [6.45, 7) is 1.95. The molecule has 1 fully saturated rings. The van der Waals surface area contributed by atoms with Crippen LogP contribution in [0.4, 0.5) is 0 Å². The van der Waals surface area contributed by atoms with Crippen LogP contribution in [0.2, 0.25) is 0 Å². The molecule has 0 radical (unpaired) electrons. The molecule has 2 aromatic rings. The molecule has 19 heavy (non-hydrogen) atoms. The molecule has 1 unspecified atom stereocenters. The molecule has 1 saturated carbocycles. The summed E-state index contributed by atoms with van der Waals surface area (Å²) in [4.78, 5) is 4.08. The molecular formula is C14H17N5. The molecule has 5 nitrogen and oxygen atoms in total. The first-order valence-corrected chi connectivity index (χ1v) is 7.00. The van der Waals surface area contributed by atoms with Gasteiger partial charge in [-0.3, -0.25) is 4.98 Å². The van der Waals surface area contributed by atoms with Crippen LogP contribution in [0.5, 0.6) is 0 Å². The lowest BCUT2D eigenvalue weighted by Crippen LogP contribution is -2.35. The Hall–Kier alpha value is -1.75. The Morgan fingerprint density at radius 2 is 1.89 bits per heavy atom. The highest BCUT2D eigenvalue weighted by atomic mass is 15.3. The van der Waals surface area contributed by atoms with Crippen molar-refractivity contribution in [1.82, 2.24) is 25.1 Å². The fourth-order valence-electron chi connectivity index (χ4n) is 2.97. The van der Waals surface area contributed by atoms with Crippen molar-refractivity contribution in [2.45, 2.75) is 37.8 Å². The first kappa shape index (κ1) is 11.1. The van der Waals surface area contributed by atoms with Gasteiger partial charge in [-0.2, -0.15) is 0 Å². The zero-order chi connectivity index (χ0) is 12.7. The highest BCUT2D eigenvalue weighted by Gasteiger charge is 2.31. The van der Waals surface area contributed by atoms with Gasteiger partial charge in [0.1, 0.15) is 5.82 Å². The predicted molar refractivity (Wildman–Crippen MR) is 70.7 cm³/mol. The maximum atomic E-state index is 4.45. The van der Waals surface area contributed by atoms with Crippen LogP contribution in [0, 0.1) is 0 Å². The molecule has 0 spiro atoms. The quantitative estimate of drug-likeness (QED) is 0.886. The lowest BCUT2D eigenvalue weighted by atomic mass is 9.84. The third-order valence-electron chi connectivity index (χ3n) is 4.26. The Kier molecular flexibility index (Phi) is 2.58. The van der Waals surface area contributed by atoms with Crippen molar-refractivity contribution >= 4 is 0 Å². The monoisotopic (exact) mass is 255 g/mol. The minimum atomic E-state index is 0.151. The van der Waals surface area contributed by atoms with Gasteiger partial charge in [0.15, 0.2) is 5.82 Å². The molecule has 0 bridgehead atoms. The first-order chi connectivity index (χ1) is 9.43. The van der Waals surface area contributed by atoms with E-state index >= 15 is 0 Å². The van der Waals surface area contributed by atoms with Crippen LogP contribution in [0.25, 0.3) is 0 Å². The van der Waals surface area contributed by atoms with Gasteiger partial charge in [-0.05, 0) is 30.5 Å². The first-order valence-electron chi connectivity index (χ1n) is 7.00. The van der Waals surface area contributed by atoms with E-state index in [2.05, 4.69) is 25.1 Å². The van der Waals surface area contributed by atoms with E-state index in [1.807, 2.05) is 24.5 Å². The Morgan fingerprint density at radius 3 is 2.63 bits per heavy atom. The van der Waals surface area contributed by atoms with Crippen molar-refractivity contribution in [3.05, 3.63) is 41.7 Å². The number of aromatic nitrogens is 4. The van der Waals surface area contributed by atoms with Crippen LogP contribution in [0.3, 0.4) is 0 Å². The molecule has 1 aliphatic carbocycles. The molecule has 1 N–H and O–H groups in total. The molecule has 98 valence electrons. The summed E-state index contributed by atoms with van der Waals surface area (Å²) in [7, 11) is 0. The highest BCUT2D eigenvalue weighted by molar-refractivity contribution is 5.24. The van der Waals surface area contributed by atoms with Crippen molar-refractivity contribution < 1.29 is 0 Å². The third-order valence-corrected chi connectivity index (χ3v) is 4.26. The molecular weight excluding hydrogens is 238 g/mol. The van der Waals surface area contributed by atoms with Gasteiger partial charge in [0.25, 0.3) is 0 Å². The lowest BCUT2D eigenvalue weighted by molar-refractivity contribution is 0.369. The lowest BCUT2D eigenvalue weighted by Gasteiger charge is -2.29. The van der Waals surface area contributed by atoms with Gasteiger partial charge < -0.3 is 9.88 Å². The zero-order valence-corrected chi connectivity index (χ0v) is 10.8. The number of nitrogens with one attached hydrogen (secondary N) is 1. The van der Waals surface area contributed by atoms with Crippen LogP contribution < -0.4 is 5.32 Å². The van der Waals surface area contributed by atoms with Gasteiger partial charge in [-0.25, -0.2) is 0 Å². The fourth-order valence-corrected chi connectivity index (χ4v) is 2.97. The summed E-state index contributed by atoms with van der Waals surface area (Å²) < 4.78 is 2.32. The summed E-state index contributed by atoms with van der Waals surface area (Å²) in [5.41, 5.74) is 1.21. The summed E-state index contributed by atoms with van der Waals surface area (Å²) in [5.74, 6) is 2.89. The number of pyridine rings is 1. The van der Waals surface area contributed by atoms with Gasteiger partial charge >= 0.3 is 0 Å². The van der Waals surface area contributed by atoms with Gasteiger partial charge in [0.05, 0.1) is 6.04 Å². The van der Waals surface area contributed by atoms with Gasteiger partial charge in [0.2, 0.25) is 0 Å². The van der Waals surface area contributed by atoms with Crippen LogP contribution in [-0.2, 0) is 6.54 Å². The van der Waals surface area contributed by atoms with Crippen molar-refractivity contribution in [1.29, 1.82) is 0 Å². The Morgan fingerprint density at radius 1 is 1.11 bits per heavy atom. The van der Waals surface area contributed by atoms with Crippen molar-refractivity contribution in [3.63, 3.8) is 0 Å². The van der Waals surface area contributed by atoms with E-state index in [0.717, 1.165) is 18.9 Å². The number of nitrogens with zero attached hydrogens (tertiary/aromatic N) is 4. The van der Waals surface area contributed by atoms with Gasteiger partial charge in [-0.15, -0.1) is 10.2 Å². The number of hydrogen-bond donors (Lipinski definition) is 1. The minimum Gasteiger partial charge on any atom is -0.312 e. The molecule has 1 atom stereocenters. The highest BCUT2D eigenvalue weighted by Crippen LogP contribution is 2.37. The van der Waals surface area contributed by atoms with Crippen LogP contribution >= 0.6 is 0 Å². The van der Waals surface area contributed by atoms with E-state index < -0.39 is 0 Å². The minimum absolute atomic E-state index is 0.151. The molecule has 3 heterocycles. The number of hydrogen-bond acceptors (Lipinski definition) is 4. The average molecular weight is 255 g/mol. The van der Waals surface area contributed by atoms with Crippen molar-refractivity contribution in [2.24, 2.45) is 0 Å². The summed E-state index contributed by atoms with van der Waals surface area (Å²) in [6.07, 6.45) is 7.54. The van der Waals surface area contributed by atoms with Crippen molar-refractivity contribution in [2.75, 3.05) is 6.54 Å². The Bertz CT molecular complexity index is 573. The smallest absolute Gasteiger partial charge is 0.154 e. The van der Waals surface area contributed by atoms with E-state index in [9.17, 15) is 0 Å². The predicted octanol–water partition coefficient (Wildman–Crippen LogP) is 1.63. The normalized spacial score (nSPS) is 22.8. The van der Waals surface area contributed by atoms with E-state index in [1.54, 1.807) is 0 Å². The van der Waals surface area contributed by atoms with Gasteiger partial charge in [-0.1, -0.05) is 6.42 Å². The standard InChI is InChI=1S/C14H17N5/c1-2-11(3-1)13-17-18-14-12(16-8-9-19(13)14)10-4-6-15-7-5-10/h4-7,11-12,16H,1-3,8-9H2. The van der Waals surface area contributed by atoms with Crippen molar-refractivity contribution in [3.8, 4) is 0 Å². The number of rotatable bonds is 2. The maximum absolute atomic E-state index is 4.45. The molecule has 0 amide bonds. The topological polar surface area (TPSA) is 55.6 Å². The molecule has 2 aliphatic rings. The molecule has 4 rings (SSSR count). The second kappa shape index (κ2) is 4.42. The molecule has 0 saturated heterocycles. The third kappa shape index (κ3) is 1.76. The van der Waals surface area contributed by atoms with E-state index in [1.165, 1.54) is 30.7 Å². The average Bonchev–Trinajstić information content (AvgIpc) is 2.82. The summed E-state index contributed by atoms with van der Waals surface area (Å²) in [6, 6.07) is 4.24. The van der Waals surface area contributed by atoms with E-state index in [0.29, 0.717) is 5.92 Å². The Balaban J connectivity index is 1.73. The van der Waals surface area contributed by atoms with Crippen LogP contribution in [-0.4, -0.2) is 26.3 Å². The summed E-state index contributed by atoms with van der Waals surface area (Å²) in [5, 5.41) is 12.4.